The molecule has 0 rings (SSSR count). The van der Waals surface area contributed by atoms with E-state index in [0.717, 1.165) is 12.8 Å². The Morgan fingerprint density at radius 3 is 1.81 bits per heavy atom. The molecule has 0 fully saturated rings. The summed E-state index contributed by atoms with van der Waals surface area (Å²) in [6, 6.07) is 0. The number of aliphatic hydroxyl groups excluding tert-OH is 1. The van der Waals surface area contributed by atoms with Gasteiger partial charge in [-0.25, -0.2) is 0 Å². The highest BCUT2D eigenvalue weighted by Gasteiger charge is 2.07. The van der Waals surface area contributed by atoms with E-state index in [-0.39, 0.29) is 5.78 Å². The van der Waals surface area contributed by atoms with E-state index in [4.69, 9.17) is 5.11 Å². The second kappa shape index (κ2) is 11.1. The number of carbonyl (C=O) groups excluding carboxylic acids is 1. The lowest BCUT2D eigenvalue weighted by atomic mass is 10.0. The van der Waals surface area contributed by atoms with Gasteiger partial charge in [0.1, 0.15) is 6.10 Å². The molecule has 0 radical (unpaired) electrons. The fourth-order valence-electron chi connectivity index (χ4n) is 1.82. The minimum absolute atomic E-state index is 0.0112. The molecule has 0 saturated carbocycles. The quantitative estimate of drug-likeness (QED) is 0.545. The van der Waals surface area contributed by atoms with Crippen LogP contribution in [0.2, 0.25) is 0 Å². The van der Waals surface area contributed by atoms with E-state index in [9.17, 15) is 4.79 Å². The van der Waals surface area contributed by atoms with E-state index in [2.05, 4.69) is 6.92 Å². The molecule has 1 unspecified atom stereocenters. The summed E-state index contributed by atoms with van der Waals surface area (Å²) in [7, 11) is 0. The number of Topliss-reactive ketones (excluding diaryl/α,β-unsaturated/α-hetero) is 1. The largest absolute Gasteiger partial charge is 0.386 e. The van der Waals surface area contributed by atoms with Gasteiger partial charge in [-0.05, 0) is 13.3 Å². The van der Waals surface area contributed by atoms with Gasteiger partial charge in [0.15, 0.2) is 5.78 Å². The number of unbranched alkanes of at least 4 members (excludes halogenated alkanes) is 8. The first-order valence-corrected chi connectivity index (χ1v) is 6.89. The molecule has 1 atom stereocenters. The third kappa shape index (κ3) is 10.2. The van der Waals surface area contributed by atoms with Crippen molar-refractivity contribution in [3.63, 3.8) is 0 Å². The first-order chi connectivity index (χ1) is 7.68. The van der Waals surface area contributed by atoms with E-state index >= 15 is 0 Å². The van der Waals surface area contributed by atoms with Crippen molar-refractivity contribution in [2.24, 2.45) is 0 Å². The third-order valence-electron chi connectivity index (χ3n) is 2.99. The van der Waals surface area contributed by atoms with Crippen molar-refractivity contribution in [3.05, 3.63) is 0 Å². The summed E-state index contributed by atoms with van der Waals surface area (Å²) in [5.74, 6) is -0.0112. The number of hydrogen-bond acceptors (Lipinski definition) is 2. The standard InChI is InChI=1S/C14H28O2/c1-3-4-5-6-7-8-9-10-11-12-14(16)13(2)15/h13,15H,3-12H2,1-2H3. The molecule has 0 amide bonds. The van der Waals surface area contributed by atoms with Crippen LogP contribution in [0.1, 0.15) is 78.1 Å². The summed E-state index contributed by atoms with van der Waals surface area (Å²) in [5.41, 5.74) is 0. The second-order valence-electron chi connectivity index (χ2n) is 4.72. The maximum absolute atomic E-state index is 11.1. The smallest absolute Gasteiger partial charge is 0.160 e. The number of ketones is 1. The fourth-order valence-corrected chi connectivity index (χ4v) is 1.82. The van der Waals surface area contributed by atoms with E-state index < -0.39 is 6.10 Å². The van der Waals surface area contributed by atoms with E-state index in [0.29, 0.717) is 6.42 Å². The maximum atomic E-state index is 11.1. The Morgan fingerprint density at radius 1 is 0.938 bits per heavy atom. The number of carbonyl (C=O) groups is 1. The summed E-state index contributed by atoms with van der Waals surface area (Å²) >= 11 is 0. The van der Waals surface area contributed by atoms with Gasteiger partial charge in [0.25, 0.3) is 0 Å². The molecule has 0 bridgehead atoms. The van der Waals surface area contributed by atoms with Crippen molar-refractivity contribution in [2.75, 3.05) is 0 Å². The second-order valence-corrected chi connectivity index (χ2v) is 4.72. The van der Waals surface area contributed by atoms with Crippen molar-refractivity contribution in [3.8, 4) is 0 Å². The number of rotatable bonds is 11. The Morgan fingerprint density at radius 2 is 1.38 bits per heavy atom. The normalized spacial score (nSPS) is 12.7. The van der Waals surface area contributed by atoms with Gasteiger partial charge in [-0.2, -0.15) is 0 Å². The molecule has 2 nitrogen and oxygen atoms in total. The van der Waals surface area contributed by atoms with Crippen molar-refractivity contribution in [2.45, 2.75) is 84.2 Å². The molecular formula is C14H28O2. The van der Waals surface area contributed by atoms with Crippen LogP contribution in [0.25, 0.3) is 0 Å². The Balaban J connectivity index is 3.07. The lowest BCUT2D eigenvalue weighted by Gasteiger charge is -2.03. The van der Waals surface area contributed by atoms with Crippen LogP contribution in [0.5, 0.6) is 0 Å². The minimum atomic E-state index is -0.769. The third-order valence-corrected chi connectivity index (χ3v) is 2.99. The monoisotopic (exact) mass is 228 g/mol. The number of aliphatic hydroxyl groups is 1. The van der Waals surface area contributed by atoms with Crippen LogP contribution >= 0.6 is 0 Å². The Bertz CT molecular complexity index is 164. The van der Waals surface area contributed by atoms with Gasteiger partial charge >= 0.3 is 0 Å². The zero-order valence-electron chi connectivity index (χ0n) is 11.0. The van der Waals surface area contributed by atoms with Gasteiger partial charge in [-0.1, -0.05) is 58.3 Å². The average Bonchev–Trinajstić information content (AvgIpc) is 2.26. The molecule has 0 aromatic rings. The van der Waals surface area contributed by atoms with E-state index in [1.54, 1.807) is 6.92 Å². The first-order valence-electron chi connectivity index (χ1n) is 6.89. The molecule has 0 aromatic carbocycles. The summed E-state index contributed by atoms with van der Waals surface area (Å²) in [6.07, 6.45) is 11.1. The lowest BCUT2D eigenvalue weighted by molar-refractivity contribution is -0.126. The van der Waals surface area contributed by atoms with Gasteiger partial charge in [0, 0.05) is 6.42 Å². The molecule has 0 saturated heterocycles. The first kappa shape index (κ1) is 15.6. The molecule has 0 heterocycles. The van der Waals surface area contributed by atoms with Crippen LogP contribution in [-0.2, 0) is 4.79 Å². The zero-order valence-corrected chi connectivity index (χ0v) is 11.0. The van der Waals surface area contributed by atoms with Crippen molar-refractivity contribution in [1.29, 1.82) is 0 Å². The molecular weight excluding hydrogens is 200 g/mol. The minimum Gasteiger partial charge on any atom is -0.386 e. The molecule has 0 aliphatic carbocycles. The van der Waals surface area contributed by atoms with Crippen LogP contribution in [0, 0.1) is 0 Å². The van der Waals surface area contributed by atoms with Crippen molar-refractivity contribution < 1.29 is 9.90 Å². The van der Waals surface area contributed by atoms with E-state index in [1.165, 1.54) is 44.9 Å². The lowest BCUT2D eigenvalue weighted by Crippen LogP contribution is -2.15. The van der Waals surface area contributed by atoms with Crippen molar-refractivity contribution in [1.82, 2.24) is 0 Å². The van der Waals surface area contributed by atoms with Gasteiger partial charge < -0.3 is 5.11 Å². The Hall–Kier alpha value is -0.370. The SMILES string of the molecule is CCCCCCCCCCCC(=O)C(C)O. The van der Waals surface area contributed by atoms with Gasteiger partial charge in [0.2, 0.25) is 0 Å². The maximum Gasteiger partial charge on any atom is 0.160 e. The molecule has 1 N–H and O–H groups in total. The topological polar surface area (TPSA) is 37.3 Å². The van der Waals surface area contributed by atoms with Crippen LogP contribution < -0.4 is 0 Å². The Kier molecular flexibility index (Phi) is 10.9. The highest BCUT2D eigenvalue weighted by atomic mass is 16.3. The average molecular weight is 228 g/mol. The zero-order chi connectivity index (χ0) is 12.2. The van der Waals surface area contributed by atoms with Gasteiger partial charge in [0.05, 0.1) is 0 Å². The molecule has 0 aliphatic heterocycles. The summed E-state index contributed by atoms with van der Waals surface area (Å²) in [4.78, 5) is 11.1. The number of hydrogen-bond donors (Lipinski definition) is 1. The highest BCUT2D eigenvalue weighted by molar-refractivity contribution is 5.82. The fraction of sp³-hybridized carbons (Fsp3) is 0.929. The van der Waals surface area contributed by atoms with Crippen LogP contribution in [0.4, 0.5) is 0 Å². The Labute approximate surface area is 100 Å². The molecule has 0 aliphatic rings. The van der Waals surface area contributed by atoms with Crippen molar-refractivity contribution >= 4 is 5.78 Å². The molecule has 0 aromatic heterocycles. The molecule has 2 heteroatoms. The molecule has 16 heavy (non-hydrogen) atoms. The summed E-state index contributed by atoms with van der Waals surface area (Å²) in [5, 5.41) is 8.99. The van der Waals surface area contributed by atoms with Crippen LogP contribution in [-0.4, -0.2) is 17.0 Å². The van der Waals surface area contributed by atoms with Crippen LogP contribution in [0.15, 0.2) is 0 Å². The summed E-state index contributed by atoms with van der Waals surface area (Å²) in [6.45, 7) is 3.79. The van der Waals surface area contributed by atoms with E-state index in [1.807, 2.05) is 0 Å². The van der Waals surface area contributed by atoms with Gasteiger partial charge in [-0.15, -0.1) is 0 Å². The highest BCUT2D eigenvalue weighted by Crippen LogP contribution is 2.10. The molecule has 96 valence electrons. The summed E-state index contributed by atoms with van der Waals surface area (Å²) < 4.78 is 0. The molecule has 0 spiro atoms. The van der Waals surface area contributed by atoms with Crippen LogP contribution in [0.3, 0.4) is 0 Å². The van der Waals surface area contributed by atoms with Gasteiger partial charge in [-0.3, -0.25) is 4.79 Å². The predicted molar refractivity (Wildman–Crippen MR) is 68.5 cm³/mol. The predicted octanol–water partition coefficient (Wildman–Crippen LogP) is 3.86.